The van der Waals surface area contributed by atoms with Crippen molar-refractivity contribution in [2.24, 2.45) is 0 Å². The third-order valence-corrected chi connectivity index (χ3v) is 3.73. The Morgan fingerprint density at radius 3 is 2.62 bits per heavy atom. The summed E-state index contributed by atoms with van der Waals surface area (Å²) >= 11 is 0. The smallest absolute Gasteiger partial charge is 0.0746 e. The van der Waals surface area contributed by atoms with E-state index in [1.165, 1.54) is 22.1 Å². The van der Waals surface area contributed by atoms with Crippen LogP contribution >= 0.6 is 0 Å². The second kappa shape index (κ2) is 6.02. The maximum absolute atomic E-state index is 4.52. The minimum absolute atomic E-state index is 0.885. The molecular weight excluding hydrogens is 258 g/mol. The fourth-order valence-electron chi connectivity index (χ4n) is 2.61. The Balaban J connectivity index is 1.81. The van der Waals surface area contributed by atoms with Crippen molar-refractivity contribution in [1.29, 1.82) is 0 Å². The number of benzene rings is 1. The fourth-order valence-corrected chi connectivity index (χ4v) is 2.61. The summed E-state index contributed by atoms with van der Waals surface area (Å²) in [5, 5.41) is 1.20. The monoisotopic (exact) mass is 277 g/mol. The van der Waals surface area contributed by atoms with E-state index in [4.69, 9.17) is 0 Å². The Labute approximate surface area is 125 Å². The maximum Gasteiger partial charge on any atom is 0.0746 e. The zero-order valence-corrected chi connectivity index (χ0v) is 12.5. The molecule has 1 aromatic carbocycles. The average molecular weight is 277 g/mol. The van der Waals surface area contributed by atoms with Gasteiger partial charge in [-0.25, -0.2) is 0 Å². The highest BCUT2D eigenvalue weighted by atomic mass is 15.1. The van der Waals surface area contributed by atoms with Crippen LogP contribution in [0.1, 0.15) is 16.7 Å². The van der Waals surface area contributed by atoms with Gasteiger partial charge in [-0.05, 0) is 42.8 Å². The van der Waals surface area contributed by atoms with Gasteiger partial charge in [-0.3, -0.25) is 14.9 Å². The molecule has 2 heterocycles. The summed E-state index contributed by atoms with van der Waals surface area (Å²) in [6, 6.07) is 12.6. The van der Waals surface area contributed by atoms with Crippen LogP contribution in [0.25, 0.3) is 10.9 Å². The molecule has 2 aromatic heterocycles. The van der Waals surface area contributed by atoms with Crippen molar-refractivity contribution in [3.8, 4) is 0 Å². The first-order valence-corrected chi connectivity index (χ1v) is 7.15. The van der Waals surface area contributed by atoms with E-state index < -0.39 is 0 Å². The lowest BCUT2D eigenvalue weighted by molar-refractivity contribution is 0.319. The van der Waals surface area contributed by atoms with Gasteiger partial charge in [0.15, 0.2) is 0 Å². The van der Waals surface area contributed by atoms with Crippen molar-refractivity contribution in [2.45, 2.75) is 20.0 Å². The molecule has 0 aliphatic carbocycles. The van der Waals surface area contributed by atoms with Crippen molar-refractivity contribution in [1.82, 2.24) is 14.9 Å². The molecule has 106 valence electrons. The van der Waals surface area contributed by atoms with E-state index in [1.54, 1.807) is 0 Å². The van der Waals surface area contributed by atoms with E-state index in [9.17, 15) is 0 Å². The fraction of sp³-hybridized carbons (Fsp3) is 0.222. The summed E-state index contributed by atoms with van der Waals surface area (Å²) in [6.07, 6.45) is 5.64. The van der Waals surface area contributed by atoms with Gasteiger partial charge in [-0.2, -0.15) is 0 Å². The van der Waals surface area contributed by atoms with E-state index >= 15 is 0 Å². The van der Waals surface area contributed by atoms with E-state index in [0.717, 1.165) is 18.6 Å². The van der Waals surface area contributed by atoms with Crippen LogP contribution in [-0.4, -0.2) is 21.9 Å². The molecule has 0 saturated carbocycles. The Kier molecular flexibility index (Phi) is 3.93. The number of nitrogens with zero attached hydrogens (tertiary/aromatic N) is 3. The maximum atomic E-state index is 4.52. The number of para-hydroxylation sites is 1. The van der Waals surface area contributed by atoms with Gasteiger partial charge in [0.2, 0.25) is 0 Å². The first-order chi connectivity index (χ1) is 10.2. The van der Waals surface area contributed by atoms with Gasteiger partial charge in [-0.1, -0.05) is 24.3 Å². The Morgan fingerprint density at radius 2 is 1.76 bits per heavy atom. The zero-order valence-electron chi connectivity index (χ0n) is 12.5. The van der Waals surface area contributed by atoms with Gasteiger partial charge < -0.3 is 0 Å². The number of hydrogen-bond donors (Lipinski definition) is 0. The molecule has 3 nitrogen and oxygen atoms in total. The van der Waals surface area contributed by atoms with Crippen LogP contribution in [0, 0.1) is 6.92 Å². The van der Waals surface area contributed by atoms with Gasteiger partial charge in [0.1, 0.15) is 0 Å². The van der Waals surface area contributed by atoms with Crippen molar-refractivity contribution < 1.29 is 0 Å². The van der Waals surface area contributed by atoms with Crippen molar-refractivity contribution in [3.05, 3.63) is 71.7 Å². The lowest BCUT2D eigenvalue weighted by Gasteiger charge is -2.18. The van der Waals surface area contributed by atoms with Crippen LogP contribution in [0.3, 0.4) is 0 Å². The van der Waals surface area contributed by atoms with Gasteiger partial charge in [0.25, 0.3) is 0 Å². The minimum atomic E-state index is 0.885. The molecule has 0 N–H and O–H groups in total. The van der Waals surface area contributed by atoms with Gasteiger partial charge in [-0.15, -0.1) is 0 Å². The van der Waals surface area contributed by atoms with E-state index in [-0.39, 0.29) is 0 Å². The normalized spacial score (nSPS) is 11.2. The molecule has 0 radical (unpaired) electrons. The lowest BCUT2D eigenvalue weighted by atomic mass is 10.1. The minimum Gasteiger partial charge on any atom is -0.298 e. The first kappa shape index (κ1) is 13.7. The van der Waals surface area contributed by atoms with Gasteiger partial charge in [0, 0.05) is 37.1 Å². The predicted octanol–water partition coefficient (Wildman–Crippen LogP) is 3.57. The molecule has 21 heavy (non-hydrogen) atoms. The number of aryl methyl sites for hydroxylation is 1. The highest BCUT2D eigenvalue weighted by Crippen LogP contribution is 2.18. The van der Waals surface area contributed by atoms with Crippen LogP contribution in [0.5, 0.6) is 0 Å². The molecule has 0 saturated heterocycles. The molecule has 3 aromatic rings. The van der Waals surface area contributed by atoms with Crippen LogP contribution in [0.4, 0.5) is 0 Å². The highest BCUT2D eigenvalue weighted by molar-refractivity contribution is 5.81. The standard InChI is InChI=1S/C18H19N3/c1-14-11-19-10-8-16(14)12-21(2)13-17-6-3-5-15-7-4-9-20-18(15)17/h3-11H,12-13H2,1-2H3. The topological polar surface area (TPSA) is 29.0 Å². The SMILES string of the molecule is Cc1cnccc1CN(C)Cc1cccc2cccnc12. The molecule has 0 aliphatic rings. The first-order valence-electron chi connectivity index (χ1n) is 7.15. The molecule has 0 amide bonds. The lowest BCUT2D eigenvalue weighted by Crippen LogP contribution is -2.18. The highest BCUT2D eigenvalue weighted by Gasteiger charge is 2.07. The number of pyridine rings is 2. The molecule has 3 heteroatoms. The zero-order chi connectivity index (χ0) is 14.7. The van der Waals surface area contributed by atoms with Crippen molar-refractivity contribution in [3.63, 3.8) is 0 Å². The predicted molar refractivity (Wildman–Crippen MR) is 85.9 cm³/mol. The molecule has 0 unspecified atom stereocenters. The van der Waals surface area contributed by atoms with Gasteiger partial charge in [0.05, 0.1) is 5.52 Å². The van der Waals surface area contributed by atoms with Crippen LogP contribution in [-0.2, 0) is 13.1 Å². The number of fused-ring (bicyclic) bond motifs is 1. The van der Waals surface area contributed by atoms with E-state index in [2.05, 4.69) is 59.2 Å². The summed E-state index contributed by atoms with van der Waals surface area (Å²) in [5.41, 5.74) is 4.92. The van der Waals surface area contributed by atoms with Crippen LogP contribution in [0.2, 0.25) is 0 Å². The van der Waals surface area contributed by atoms with Crippen molar-refractivity contribution >= 4 is 10.9 Å². The van der Waals surface area contributed by atoms with Crippen LogP contribution in [0.15, 0.2) is 55.0 Å². The summed E-state index contributed by atoms with van der Waals surface area (Å²) in [7, 11) is 2.14. The molecule has 0 aliphatic heterocycles. The average Bonchev–Trinajstić information content (AvgIpc) is 2.50. The summed E-state index contributed by atoms with van der Waals surface area (Å²) in [5.74, 6) is 0. The van der Waals surface area contributed by atoms with Crippen LogP contribution < -0.4 is 0 Å². The largest absolute Gasteiger partial charge is 0.298 e. The molecular formula is C18H19N3. The molecule has 0 spiro atoms. The van der Waals surface area contributed by atoms with Gasteiger partial charge >= 0.3 is 0 Å². The molecule has 3 rings (SSSR count). The van der Waals surface area contributed by atoms with E-state index in [1.807, 2.05) is 24.7 Å². The van der Waals surface area contributed by atoms with Crippen molar-refractivity contribution in [2.75, 3.05) is 7.05 Å². The summed E-state index contributed by atoms with van der Waals surface area (Å²) < 4.78 is 0. The number of rotatable bonds is 4. The second-order valence-corrected chi connectivity index (χ2v) is 5.47. The number of hydrogen-bond acceptors (Lipinski definition) is 3. The quantitative estimate of drug-likeness (QED) is 0.730. The summed E-state index contributed by atoms with van der Waals surface area (Å²) in [6.45, 7) is 3.91. The third kappa shape index (κ3) is 3.09. The second-order valence-electron chi connectivity index (χ2n) is 5.47. The molecule has 0 bridgehead atoms. The Bertz CT molecular complexity index is 747. The van der Waals surface area contributed by atoms with E-state index in [0.29, 0.717) is 0 Å². The summed E-state index contributed by atoms with van der Waals surface area (Å²) in [4.78, 5) is 11.0. The Hall–Kier alpha value is -2.26. The third-order valence-electron chi connectivity index (χ3n) is 3.73. The molecule has 0 fully saturated rings. The Morgan fingerprint density at radius 1 is 0.952 bits per heavy atom. The number of aromatic nitrogens is 2. The molecule has 0 atom stereocenters.